The Balaban J connectivity index is 0.836. The first-order valence-electron chi connectivity index (χ1n) is 20.0. The van der Waals surface area contributed by atoms with E-state index in [1.54, 1.807) is 23.5 Å². The highest BCUT2D eigenvalue weighted by Gasteiger charge is 2.77. The van der Waals surface area contributed by atoms with Crippen LogP contribution in [-0.4, -0.2) is 67.6 Å². The molecule has 1 spiro atoms. The third kappa shape index (κ3) is 6.33. The van der Waals surface area contributed by atoms with Crippen LogP contribution in [0.25, 0.3) is 0 Å². The Labute approximate surface area is 327 Å². The van der Waals surface area contributed by atoms with Gasteiger partial charge in [-0.1, -0.05) is 58.8 Å². The second-order valence-corrected chi connectivity index (χ2v) is 18.7. The van der Waals surface area contributed by atoms with E-state index in [1.807, 2.05) is 27.7 Å². The molecule has 284 valence electrons. The first-order valence-corrected chi connectivity index (χ1v) is 22.3. The molecule has 5 aliphatic rings. The van der Waals surface area contributed by atoms with Crippen LogP contribution < -0.4 is 0 Å². The number of rotatable bonds is 13. The summed E-state index contributed by atoms with van der Waals surface area (Å²) in [5.41, 5.74) is 10.3. The molecule has 6 atom stereocenters. The maximum atomic E-state index is 13.7. The van der Waals surface area contributed by atoms with Gasteiger partial charge in [-0.25, -0.2) is 0 Å². The van der Waals surface area contributed by atoms with Crippen molar-refractivity contribution < 1.29 is 18.6 Å². The summed E-state index contributed by atoms with van der Waals surface area (Å²) in [4.78, 5) is 31.8. The maximum Gasteiger partial charge on any atom is 0.233 e. The van der Waals surface area contributed by atoms with Gasteiger partial charge in [0.15, 0.2) is 0 Å². The molecule has 10 heteroatoms. The van der Waals surface area contributed by atoms with Crippen molar-refractivity contribution >= 4 is 35.3 Å². The zero-order chi connectivity index (χ0) is 37.1. The van der Waals surface area contributed by atoms with Crippen molar-refractivity contribution in [3.05, 3.63) is 105 Å². The largest absolute Gasteiger partial charge is 0.361 e. The van der Waals surface area contributed by atoms with Crippen molar-refractivity contribution in [3.63, 3.8) is 0 Å². The summed E-state index contributed by atoms with van der Waals surface area (Å²) in [6.45, 7) is 7.85. The van der Waals surface area contributed by atoms with Gasteiger partial charge in [-0.15, -0.1) is 23.5 Å². The Morgan fingerprint density at radius 3 is 1.85 bits per heavy atom. The summed E-state index contributed by atoms with van der Waals surface area (Å²) in [5, 5.41) is 8.16. The molecule has 2 bridgehead atoms. The van der Waals surface area contributed by atoms with E-state index in [0.717, 1.165) is 84.1 Å². The van der Waals surface area contributed by atoms with Crippen LogP contribution in [0.5, 0.6) is 0 Å². The van der Waals surface area contributed by atoms with Crippen LogP contribution >= 0.6 is 23.5 Å². The number of piperidine rings is 1. The Morgan fingerprint density at radius 1 is 0.741 bits per heavy atom. The van der Waals surface area contributed by atoms with Gasteiger partial charge in [-0.3, -0.25) is 9.59 Å². The van der Waals surface area contributed by atoms with Gasteiger partial charge in [0.1, 0.15) is 11.5 Å². The number of hydrogen-bond acceptors (Lipinski definition) is 8. The van der Waals surface area contributed by atoms with Crippen LogP contribution in [0.1, 0.15) is 113 Å². The monoisotopic (exact) mass is 764 g/mol. The third-order valence-electron chi connectivity index (χ3n) is 13.8. The van der Waals surface area contributed by atoms with Crippen LogP contribution in [-0.2, 0) is 33.9 Å². The maximum absolute atomic E-state index is 13.7. The van der Waals surface area contributed by atoms with E-state index >= 15 is 0 Å². The second-order valence-electron chi connectivity index (χ2n) is 16.7. The van der Waals surface area contributed by atoms with E-state index < -0.39 is 0 Å². The molecule has 3 saturated heterocycles. The van der Waals surface area contributed by atoms with E-state index in [9.17, 15) is 9.59 Å². The Morgan fingerprint density at radius 2 is 1.28 bits per heavy atom. The van der Waals surface area contributed by atoms with Gasteiger partial charge in [0.05, 0.1) is 22.9 Å². The highest BCUT2D eigenvalue weighted by atomic mass is 32.2. The molecule has 9 rings (SSSR count). The minimum atomic E-state index is 0.288. The minimum absolute atomic E-state index is 0.288. The van der Waals surface area contributed by atoms with Gasteiger partial charge >= 0.3 is 0 Å². The molecule has 3 aliphatic heterocycles. The minimum Gasteiger partial charge on any atom is -0.361 e. The van der Waals surface area contributed by atoms with Crippen LogP contribution in [0.15, 0.2) is 57.6 Å². The lowest BCUT2D eigenvalue weighted by Crippen LogP contribution is -2.58. The van der Waals surface area contributed by atoms with Crippen molar-refractivity contribution in [1.82, 2.24) is 20.1 Å². The summed E-state index contributed by atoms with van der Waals surface area (Å²) in [7, 11) is 0. The average Bonchev–Trinajstić information content (AvgIpc) is 3.42. The lowest BCUT2D eigenvalue weighted by Gasteiger charge is -2.47. The van der Waals surface area contributed by atoms with E-state index in [2.05, 4.69) is 68.6 Å². The molecule has 8 nitrogen and oxygen atoms in total. The number of fused-ring (bicyclic) bond motifs is 2. The van der Waals surface area contributed by atoms with Crippen LogP contribution in [0, 0.1) is 33.1 Å². The summed E-state index contributed by atoms with van der Waals surface area (Å²) in [6, 6.07) is 19.6. The van der Waals surface area contributed by atoms with Gasteiger partial charge in [0.2, 0.25) is 11.8 Å². The number of nitrogens with zero attached hydrogens (tertiary/aromatic N) is 4. The lowest BCUT2D eigenvalue weighted by atomic mass is 9.79. The molecule has 4 aromatic rings. The molecule has 5 fully saturated rings. The van der Waals surface area contributed by atoms with E-state index in [0.29, 0.717) is 58.8 Å². The SMILES string of the molecule is Cc1noc(C)c1CSCC(=O)N1C2CCC1CC(c1ccccc1CCc1ccccc1C1CCC34CC3N(C(=O)CSCc3c(C)noc3C)C14)C2. The number of amides is 2. The molecule has 0 radical (unpaired) electrons. The molecule has 2 amide bonds. The van der Waals surface area contributed by atoms with Gasteiger partial charge in [-0.2, -0.15) is 0 Å². The van der Waals surface area contributed by atoms with Crippen molar-refractivity contribution in [2.45, 2.75) is 133 Å². The predicted octanol–water partition coefficient (Wildman–Crippen LogP) is 8.63. The first kappa shape index (κ1) is 36.2. The zero-order valence-corrected chi connectivity index (χ0v) is 33.6. The molecule has 2 aromatic heterocycles. The first-order chi connectivity index (χ1) is 26.2. The average molecular weight is 765 g/mol. The zero-order valence-electron chi connectivity index (χ0n) is 32.0. The van der Waals surface area contributed by atoms with E-state index in [-0.39, 0.29) is 5.91 Å². The number of likely N-dealkylation sites (tertiary alicyclic amines) is 1. The molecule has 2 saturated carbocycles. The summed E-state index contributed by atoms with van der Waals surface area (Å²) >= 11 is 3.37. The number of carbonyl (C=O) groups is 2. The summed E-state index contributed by atoms with van der Waals surface area (Å²) in [5.74, 6) is 5.73. The smallest absolute Gasteiger partial charge is 0.233 e. The van der Waals surface area contributed by atoms with Gasteiger partial charge in [-0.05, 0) is 114 Å². The molecule has 5 heterocycles. The van der Waals surface area contributed by atoms with Crippen molar-refractivity contribution in [3.8, 4) is 0 Å². The topological polar surface area (TPSA) is 92.7 Å². The number of aryl methyl sites for hydroxylation is 6. The fourth-order valence-electron chi connectivity index (χ4n) is 11.1. The quantitative estimate of drug-likeness (QED) is 0.134. The molecule has 6 unspecified atom stereocenters. The van der Waals surface area contributed by atoms with Gasteiger partial charge in [0, 0.05) is 58.1 Å². The van der Waals surface area contributed by atoms with Gasteiger partial charge < -0.3 is 18.8 Å². The molecule has 0 N–H and O–H groups in total. The highest BCUT2D eigenvalue weighted by Crippen LogP contribution is 2.74. The number of carbonyl (C=O) groups excluding carboxylic acids is 2. The molecule has 2 aliphatic carbocycles. The Kier molecular flexibility index (Phi) is 9.73. The lowest BCUT2D eigenvalue weighted by molar-refractivity contribution is -0.140. The molecule has 2 aromatic carbocycles. The van der Waals surface area contributed by atoms with Crippen LogP contribution in [0.2, 0.25) is 0 Å². The number of hydrogen-bond donors (Lipinski definition) is 0. The second kappa shape index (κ2) is 14.5. The Hall–Kier alpha value is -3.50. The summed E-state index contributed by atoms with van der Waals surface area (Å²) in [6.07, 6.45) is 9.93. The van der Waals surface area contributed by atoms with E-state index in [4.69, 9.17) is 9.05 Å². The highest BCUT2D eigenvalue weighted by molar-refractivity contribution is 7.99. The van der Waals surface area contributed by atoms with Gasteiger partial charge in [0.25, 0.3) is 0 Å². The fraction of sp³-hybridized carbons (Fsp3) is 0.545. The predicted molar refractivity (Wildman–Crippen MR) is 214 cm³/mol. The van der Waals surface area contributed by atoms with Crippen molar-refractivity contribution in [1.29, 1.82) is 0 Å². The number of thioether (sulfide) groups is 2. The number of benzene rings is 2. The Bertz CT molecular complexity index is 2010. The molecule has 54 heavy (non-hydrogen) atoms. The summed E-state index contributed by atoms with van der Waals surface area (Å²) < 4.78 is 10.7. The number of aromatic nitrogens is 2. The van der Waals surface area contributed by atoms with Crippen LogP contribution in [0.4, 0.5) is 0 Å². The normalized spacial score (nSPS) is 27.9. The standard InChI is InChI=1S/C44H52N4O4S2/c1-26-38(28(3)51-45-26)22-53-24-41(49)47-33-15-16-34(47)20-32(19-33)35-11-7-5-9-30(35)13-14-31-10-6-8-12-36(31)37-17-18-44-21-40(44)48(43(37)44)42(50)25-54-23-39-27(2)46-52-29(39)4/h5-12,32-34,37,40,43H,13-25H2,1-4H3. The van der Waals surface area contributed by atoms with Crippen molar-refractivity contribution in [2.75, 3.05) is 11.5 Å². The van der Waals surface area contributed by atoms with Crippen molar-refractivity contribution in [2.24, 2.45) is 5.41 Å². The van der Waals surface area contributed by atoms with Crippen LogP contribution in [0.3, 0.4) is 0 Å². The molecular formula is C44H52N4O4S2. The fourth-order valence-corrected chi connectivity index (χ4v) is 13.2. The van der Waals surface area contributed by atoms with E-state index in [1.165, 1.54) is 41.5 Å². The molecular weight excluding hydrogens is 713 g/mol. The third-order valence-corrected chi connectivity index (χ3v) is 15.7.